The van der Waals surface area contributed by atoms with Crippen molar-refractivity contribution in [2.45, 2.75) is 32.9 Å². The summed E-state index contributed by atoms with van der Waals surface area (Å²) in [7, 11) is 1.53. The van der Waals surface area contributed by atoms with Gasteiger partial charge in [0.1, 0.15) is 0 Å². The lowest BCUT2D eigenvalue weighted by Crippen LogP contribution is -2.38. The fraction of sp³-hybridized carbons (Fsp3) is 0.571. The van der Waals surface area contributed by atoms with Gasteiger partial charge in [-0.3, -0.25) is 4.90 Å². The summed E-state index contributed by atoms with van der Waals surface area (Å²) in [6.45, 7) is 7.54. The molecule has 2 N–H and O–H groups in total. The predicted octanol–water partition coefficient (Wildman–Crippen LogP) is 1.99. The van der Waals surface area contributed by atoms with Crippen LogP contribution in [0.4, 0.5) is 0 Å². The molecule has 0 atom stereocenters. The minimum atomic E-state index is -0.746. The molecule has 1 rings (SSSR count). The summed E-state index contributed by atoms with van der Waals surface area (Å²) in [5.41, 5.74) is 0.0604. The van der Waals surface area contributed by atoms with Crippen molar-refractivity contribution in [3.05, 3.63) is 23.8 Å². The van der Waals surface area contributed by atoms with Gasteiger partial charge in [-0.15, -0.1) is 0 Å². The summed E-state index contributed by atoms with van der Waals surface area (Å²) in [5, 5.41) is 19.9. The molecule has 1 aromatic rings. The van der Waals surface area contributed by atoms with Crippen LogP contribution in [0.2, 0.25) is 0 Å². The quantitative estimate of drug-likeness (QED) is 0.814. The molecule has 0 aliphatic heterocycles. The van der Waals surface area contributed by atoms with Crippen LogP contribution in [0.25, 0.3) is 0 Å². The molecular formula is C14H23NO3. The van der Waals surface area contributed by atoms with Gasteiger partial charge in [0.15, 0.2) is 11.5 Å². The highest BCUT2D eigenvalue weighted by molar-refractivity contribution is 5.45. The number of aliphatic hydroxyl groups is 1. The lowest BCUT2D eigenvalue weighted by molar-refractivity contribution is 0.0351. The molecule has 1 aromatic carbocycles. The Kier molecular flexibility index (Phi) is 4.99. The second-order valence-corrected chi connectivity index (χ2v) is 5.08. The molecule has 0 fully saturated rings. The summed E-state index contributed by atoms with van der Waals surface area (Å²) >= 11 is 0. The van der Waals surface area contributed by atoms with E-state index in [0.29, 0.717) is 18.8 Å². The molecule has 0 unspecified atom stereocenters. The van der Waals surface area contributed by atoms with E-state index < -0.39 is 5.60 Å². The number of nitrogens with zero attached hydrogens (tertiary/aromatic N) is 1. The van der Waals surface area contributed by atoms with Crippen LogP contribution >= 0.6 is 0 Å². The van der Waals surface area contributed by atoms with E-state index in [2.05, 4.69) is 4.90 Å². The molecule has 0 radical (unpaired) electrons. The highest BCUT2D eigenvalue weighted by Gasteiger charge is 2.18. The van der Waals surface area contributed by atoms with Gasteiger partial charge in [0.05, 0.1) is 12.7 Å². The van der Waals surface area contributed by atoms with E-state index in [9.17, 15) is 10.2 Å². The lowest BCUT2D eigenvalue weighted by atomic mass is 10.1. The average molecular weight is 253 g/mol. The zero-order valence-electron chi connectivity index (χ0n) is 11.6. The van der Waals surface area contributed by atoms with Crippen LogP contribution in [0.15, 0.2) is 18.2 Å². The van der Waals surface area contributed by atoms with E-state index in [1.807, 2.05) is 19.1 Å². The first-order chi connectivity index (χ1) is 8.37. The molecule has 0 saturated heterocycles. The number of phenols is 1. The third kappa shape index (κ3) is 4.20. The Morgan fingerprint density at radius 2 is 2.00 bits per heavy atom. The second kappa shape index (κ2) is 6.07. The first kappa shape index (κ1) is 14.8. The number of para-hydroxylation sites is 1. The number of benzene rings is 1. The van der Waals surface area contributed by atoms with Crippen molar-refractivity contribution >= 4 is 0 Å². The van der Waals surface area contributed by atoms with Gasteiger partial charge in [-0.2, -0.15) is 0 Å². The molecule has 0 aliphatic rings. The summed E-state index contributed by atoms with van der Waals surface area (Å²) in [6, 6.07) is 5.45. The van der Waals surface area contributed by atoms with Crippen LogP contribution in [0.3, 0.4) is 0 Å². The van der Waals surface area contributed by atoms with Crippen molar-refractivity contribution in [3.63, 3.8) is 0 Å². The number of aromatic hydroxyl groups is 1. The van der Waals surface area contributed by atoms with Gasteiger partial charge in [-0.25, -0.2) is 0 Å². The van der Waals surface area contributed by atoms with Gasteiger partial charge < -0.3 is 14.9 Å². The number of phenolic OH excluding ortho intramolecular Hbond substituents is 1. The summed E-state index contributed by atoms with van der Waals surface area (Å²) in [4.78, 5) is 2.08. The standard InChI is InChI=1S/C14H23NO3/c1-5-15(10-14(2,3)17)9-11-7-6-8-12(18-4)13(11)16/h6-8,16-17H,5,9-10H2,1-4H3. The Hall–Kier alpha value is -1.26. The van der Waals surface area contributed by atoms with Gasteiger partial charge in [-0.1, -0.05) is 19.1 Å². The highest BCUT2D eigenvalue weighted by Crippen LogP contribution is 2.30. The van der Waals surface area contributed by atoms with Crippen LogP contribution in [-0.4, -0.2) is 40.9 Å². The molecule has 0 spiro atoms. The number of hydrogen-bond donors (Lipinski definition) is 2. The summed E-state index contributed by atoms with van der Waals surface area (Å²) < 4.78 is 5.08. The molecule has 0 heterocycles. The minimum absolute atomic E-state index is 0.175. The van der Waals surface area contributed by atoms with Crippen LogP contribution in [0.5, 0.6) is 11.5 Å². The third-order valence-corrected chi connectivity index (χ3v) is 2.75. The van der Waals surface area contributed by atoms with Gasteiger partial charge in [0.25, 0.3) is 0 Å². The van der Waals surface area contributed by atoms with E-state index >= 15 is 0 Å². The van der Waals surface area contributed by atoms with Crippen LogP contribution in [0.1, 0.15) is 26.3 Å². The largest absolute Gasteiger partial charge is 0.504 e. The van der Waals surface area contributed by atoms with Crippen LogP contribution in [-0.2, 0) is 6.54 Å². The molecule has 0 saturated carbocycles. The third-order valence-electron chi connectivity index (χ3n) is 2.75. The first-order valence-corrected chi connectivity index (χ1v) is 6.17. The number of ether oxygens (including phenoxy) is 1. The number of rotatable bonds is 6. The molecule has 4 nitrogen and oxygen atoms in total. The Bertz CT molecular complexity index is 385. The van der Waals surface area contributed by atoms with Crippen molar-refractivity contribution < 1.29 is 14.9 Å². The average Bonchev–Trinajstić information content (AvgIpc) is 2.29. The van der Waals surface area contributed by atoms with Gasteiger partial charge in [-0.05, 0) is 26.5 Å². The van der Waals surface area contributed by atoms with Crippen molar-refractivity contribution in [3.8, 4) is 11.5 Å². The molecular weight excluding hydrogens is 230 g/mol. The fourth-order valence-corrected chi connectivity index (χ4v) is 1.93. The second-order valence-electron chi connectivity index (χ2n) is 5.08. The molecule has 0 aromatic heterocycles. The fourth-order valence-electron chi connectivity index (χ4n) is 1.93. The Balaban J connectivity index is 2.82. The van der Waals surface area contributed by atoms with E-state index in [-0.39, 0.29) is 5.75 Å². The van der Waals surface area contributed by atoms with E-state index in [1.165, 1.54) is 7.11 Å². The SMILES string of the molecule is CCN(Cc1cccc(OC)c1O)CC(C)(C)O. The smallest absolute Gasteiger partial charge is 0.162 e. The Labute approximate surface area is 109 Å². The van der Waals surface area contributed by atoms with E-state index in [0.717, 1.165) is 12.1 Å². The molecule has 0 bridgehead atoms. The maximum Gasteiger partial charge on any atom is 0.162 e. The highest BCUT2D eigenvalue weighted by atomic mass is 16.5. The van der Waals surface area contributed by atoms with Crippen molar-refractivity contribution in [1.29, 1.82) is 0 Å². The van der Waals surface area contributed by atoms with Crippen molar-refractivity contribution in [1.82, 2.24) is 4.90 Å². The van der Waals surface area contributed by atoms with Crippen molar-refractivity contribution in [2.24, 2.45) is 0 Å². The number of likely N-dealkylation sites (N-methyl/N-ethyl adjacent to an activating group) is 1. The first-order valence-electron chi connectivity index (χ1n) is 6.17. The molecule has 0 aliphatic carbocycles. The zero-order valence-corrected chi connectivity index (χ0v) is 11.6. The minimum Gasteiger partial charge on any atom is -0.504 e. The van der Waals surface area contributed by atoms with Gasteiger partial charge in [0, 0.05) is 18.7 Å². The number of hydrogen-bond acceptors (Lipinski definition) is 4. The molecule has 102 valence electrons. The Morgan fingerprint density at radius 1 is 1.33 bits per heavy atom. The number of methoxy groups -OCH3 is 1. The van der Waals surface area contributed by atoms with Crippen LogP contribution < -0.4 is 4.74 Å². The summed E-state index contributed by atoms with van der Waals surface area (Å²) in [5.74, 6) is 0.654. The maximum atomic E-state index is 10.0. The van der Waals surface area contributed by atoms with Gasteiger partial charge in [0.2, 0.25) is 0 Å². The Morgan fingerprint density at radius 3 is 2.50 bits per heavy atom. The predicted molar refractivity (Wildman–Crippen MR) is 71.9 cm³/mol. The normalized spacial score (nSPS) is 11.9. The lowest BCUT2D eigenvalue weighted by Gasteiger charge is -2.28. The van der Waals surface area contributed by atoms with E-state index in [1.54, 1.807) is 19.9 Å². The van der Waals surface area contributed by atoms with Gasteiger partial charge >= 0.3 is 0 Å². The monoisotopic (exact) mass is 253 g/mol. The maximum absolute atomic E-state index is 10.0. The van der Waals surface area contributed by atoms with E-state index in [4.69, 9.17) is 4.74 Å². The topological polar surface area (TPSA) is 52.9 Å². The van der Waals surface area contributed by atoms with Crippen molar-refractivity contribution in [2.75, 3.05) is 20.2 Å². The summed E-state index contributed by atoms with van der Waals surface area (Å²) in [6.07, 6.45) is 0. The zero-order chi connectivity index (χ0) is 13.8. The molecule has 4 heteroatoms. The molecule has 0 amide bonds. The molecule has 18 heavy (non-hydrogen) atoms. The van der Waals surface area contributed by atoms with Crippen LogP contribution in [0, 0.1) is 0 Å².